The number of amides is 2. The van der Waals surface area contributed by atoms with Crippen LogP contribution in [0, 0.1) is 17.2 Å². The number of fused-ring (bicyclic) bond motifs is 1. The van der Waals surface area contributed by atoms with Crippen molar-refractivity contribution in [2.24, 2.45) is 5.92 Å². The molecule has 0 spiro atoms. The third kappa shape index (κ3) is 4.69. The SMILES string of the molecule is COc1cccc2[nH]c(C(=O)NC(CC(C)C#N)C(=O)N3CCC(c4ccccc4N)C3)cc12. The summed E-state index contributed by atoms with van der Waals surface area (Å²) in [6.07, 6.45) is 1.04. The quantitative estimate of drug-likeness (QED) is 0.467. The first-order valence-electron chi connectivity index (χ1n) is 11.4. The largest absolute Gasteiger partial charge is 0.496 e. The first-order chi connectivity index (χ1) is 16.4. The number of anilines is 1. The van der Waals surface area contributed by atoms with Gasteiger partial charge in [-0.1, -0.05) is 24.3 Å². The van der Waals surface area contributed by atoms with E-state index in [4.69, 9.17) is 10.5 Å². The lowest BCUT2D eigenvalue weighted by Gasteiger charge is -2.25. The highest BCUT2D eigenvalue weighted by atomic mass is 16.5. The number of para-hydroxylation sites is 1. The van der Waals surface area contributed by atoms with Crippen LogP contribution in [0.15, 0.2) is 48.5 Å². The number of hydrogen-bond donors (Lipinski definition) is 3. The summed E-state index contributed by atoms with van der Waals surface area (Å²) in [5.41, 5.74) is 8.99. The minimum absolute atomic E-state index is 0.149. The Balaban J connectivity index is 1.51. The van der Waals surface area contributed by atoms with Gasteiger partial charge in [-0.05, 0) is 49.6 Å². The van der Waals surface area contributed by atoms with E-state index in [0.717, 1.165) is 28.6 Å². The standard InChI is InChI=1S/C26H29N5O3/c1-16(14-27)12-23(26(33)31-11-10-17(15-31)18-6-3-4-7-20(18)28)30-25(32)22-13-19-21(29-22)8-5-9-24(19)34-2/h3-9,13,16-17,23,29H,10-12,15,28H2,1-2H3,(H,30,32). The molecule has 1 aromatic heterocycles. The summed E-state index contributed by atoms with van der Waals surface area (Å²) in [5.74, 6) is -0.163. The Hall–Kier alpha value is -3.99. The molecule has 8 heteroatoms. The minimum atomic E-state index is -0.803. The Morgan fingerprint density at radius 3 is 2.82 bits per heavy atom. The van der Waals surface area contributed by atoms with Crippen molar-refractivity contribution in [1.82, 2.24) is 15.2 Å². The van der Waals surface area contributed by atoms with Crippen molar-refractivity contribution in [3.8, 4) is 11.8 Å². The Kier molecular flexibility index (Phi) is 6.73. The van der Waals surface area contributed by atoms with Crippen LogP contribution in [0.5, 0.6) is 5.75 Å². The van der Waals surface area contributed by atoms with Crippen molar-refractivity contribution in [2.75, 3.05) is 25.9 Å². The predicted octanol–water partition coefficient (Wildman–Crippen LogP) is 3.42. The predicted molar refractivity (Wildman–Crippen MR) is 130 cm³/mol. The average molecular weight is 460 g/mol. The molecule has 0 bridgehead atoms. The van der Waals surface area contributed by atoms with Crippen molar-refractivity contribution in [3.63, 3.8) is 0 Å². The Morgan fingerprint density at radius 2 is 2.09 bits per heavy atom. The fraction of sp³-hybridized carbons (Fsp3) is 0.346. The second-order valence-electron chi connectivity index (χ2n) is 8.80. The monoisotopic (exact) mass is 459 g/mol. The molecule has 1 aliphatic rings. The van der Waals surface area contributed by atoms with Crippen LogP contribution >= 0.6 is 0 Å². The summed E-state index contributed by atoms with van der Waals surface area (Å²) < 4.78 is 5.37. The molecule has 4 N–H and O–H groups in total. The Morgan fingerprint density at radius 1 is 1.29 bits per heavy atom. The van der Waals surface area contributed by atoms with Crippen molar-refractivity contribution >= 4 is 28.4 Å². The number of carbonyl (C=O) groups is 2. The number of likely N-dealkylation sites (tertiary alicyclic amines) is 1. The molecule has 1 saturated heterocycles. The molecule has 3 unspecified atom stereocenters. The van der Waals surface area contributed by atoms with Crippen LogP contribution in [-0.2, 0) is 4.79 Å². The maximum atomic E-state index is 13.4. The number of nitrogen functional groups attached to an aromatic ring is 1. The summed E-state index contributed by atoms with van der Waals surface area (Å²) in [5, 5.41) is 13.0. The van der Waals surface area contributed by atoms with E-state index >= 15 is 0 Å². The van der Waals surface area contributed by atoms with E-state index in [1.165, 1.54) is 0 Å². The van der Waals surface area contributed by atoms with Gasteiger partial charge in [-0.25, -0.2) is 0 Å². The maximum absolute atomic E-state index is 13.4. The Bertz CT molecular complexity index is 1240. The number of H-pyrrole nitrogens is 1. The zero-order chi connectivity index (χ0) is 24.2. The number of benzene rings is 2. The molecule has 4 rings (SSSR count). The molecule has 0 aliphatic carbocycles. The van der Waals surface area contributed by atoms with Gasteiger partial charge in [-0.3, -0.25) is 9.59 Å². The van der Waals surface area contributed by atoms with E-state index in [9.17, 15) is 14.9 Å². The molecular formula is C26H29N5O3. The number of ether oxygens (including phenoxy) is 1. The molecule has 2 amide bonds. The van der Waals surface area contributed by atoms with E-state index in [1.807, 2.05) is 42.5 Å². The van der Waals surface area contributed by atoms with Crippen LogP contribution in [-0.4, -0.2) is 47.9 Å². The van der Waals surface area contributed by atoms with Gasteiger partial charge in [0.05, 0.1) is 13.2 Å². The molecular weight excluding hydrogens is 430 g/mol. The molecule has 3 atom stereocenters. The van der Waals surface area contributed by atoms with E-state index < -0.39 is 11.9 Å². The molecule has 8 nitrogen and oxygen atoms in total. The number of nitrogens with one attached hydrogen (secondary N) is 2. The fourth-order valence-electron chi connectivity index (χ4n) is 4.61. The second kappa shape index (κ2) is 9.87. The highest BCUT2D eigenvalue weighted by Crippen LogP contribution is 2.31. The highest BCUT2D eigenvalue weighted by molar-refractivity contribution is 6.01. The van der Waals surface area contributed by atoms with Crippen molar-refractivity contribution in [2.45, 2.75) is 31.7 Å². The van der Waals surface area contributed by atoms with Gasteiger partial charge in [-0.2, -0.15) is 5.26 Å². The third-order valence-electron chi connectivity index (χ3n) is 6.44. The minimum Gasteiger partial charge on any atom is -0.496 e. The van der Waals surface area contributed by atoms with Crippen LogP contribution in [0.2, 0.25) is 0 Å². The van der Waals surface area contributed by atoms with Crippen LogP contribution in [0.4, 0.5) is 5.69 Å². The third-order valence-corrected chi connectivity index (χ3v) is 6.44. The number of rotatable bonds is 7. The lowest BCUT2D eigenvalue weighted by molar-refractivity contribution is -0.132. The van der Waals surface area contributed by atoms with Crippen LogP contribution in [0.25, 0.3) is 10.9 Å². The van der Waals surface area contributed by atoms with Crippen molar-refractivity contribution in [1.29, 1.82) is 5.26 Å². The van der Waals surface area contributed by atoms with E-state index in [1.54, 1.807) is 25.0 Å². The molecule has 1 fully saturated rings. The fourth-order valence-corrected chi connectivity index (χ4v) is 4.61. The van der Waals surface area contributed by atoms with Gasteiger partial charge in [0.2, 0.25) is 5.91 Å². The van der Waals surface area contributed by atoms with E-state index in [2.05, 4.69) is 16.4 Å². The summed E-state index contributed by atoms with van der Waals surface area (Å²) in [7, 11) is 1.58. The van der Waals surface area contributed by atoms with E-state index in [-0.39, 0.29) is 24.2 Å². The van der Waals surface area contributed by atoms with E-state index in [0.29, 0.717) is 24.5 Å². The molecule has 0 radical (unpaired) electrons. The summed E-state index contributed by atoms with van der Waals surface area (Å²) in [4.78, 5) is 31.4. The molecule has 34 heavy (non-hydrogen) atoms. The molecule has 2 heterocycles. The lowest BCUT2D eigenvalue weighted by Crippen LogP contribution is -2.48. The summed E-state index contributed by atoms with van der Waals surface area (Å²) in [6, 6.07) is 16.3. The molecule has 1 aliphatic heterocycles. The van der Waals surface area contributed by atoms with Gasteiger partial charge in [0, 0.05) is 41.5 Å². The van der Waals surface area contributed by atoms with Crippen molar-refractivity contribution in [3.05, 3.63) is 59.8 Å². The number of carbonyl (C=O) groups excluding carboxylic acids is 2. The summed E-state index contributed by atoms with van der Waals surface area (Å²) in [6.45, 7) is 2.86. The zero-order valence-electron chi connectivity index (χ0n) is 19.4. The van der Waals surface area contributed by atoms with Crippen LogP contribution in [0.1, 0.15) is 41.7 Å². The number of hydrogen-bond acceptors (Lipinski definition) is 5. The van der Waals surface area contributed by atoms with Gasteiger partial charge in [0.1, 0.15) is 17.5 Å². The molecule has 0 saturated carbocycles. The number of methoxy groups -OCH3 is 1. The van der Waals surface area contributed by atoms with Gasteiger partial charge in [0.15, 0.2) is 0 Å². The molecule has 3 aromatic rings. The zero-order valence-corrected chi connectivity index (χ0v) is 19.4. The second-order valence-corrected chi connectivity index (χ2v) is 8.80. The first-order valence-corrected chi connectivity index (χ1v) is 11.4. The smallest absolute Gasteiger partial charge is 0.268 e. The van der Waals surface area contributed by atoms with Crippen molar-refractivity contribution < 1.29 is 14.3 Å². The normalized spacial score (nSPS) is 17.2. The Labute approximate surface area is 198 Å². The lowest BCUT2D eigenvalue weighted by atomic mass is 9.97. The van der Waals surface area contributed by atoms with Gasteiger partial charge in [-0.15, -0.1) is 0 Å². The van der Waals surface area contributed by atoms with Gasteiger partial charge >= 0.3 is 0 Å². The van der Waals surface area contributed by atoms with Gasteiger partial charge in [0.25, 0.3) is 5.91 Å². The average Bonchev–Trinajstić information content (AvgIpc) is 3.51. The number of nitrogens with zero attached hydrogens (tertiary/aromatic N) is 2. The first kappa shape index (κ1) is 23.2. The summed E-state index contributed by atoms with van der Waals surface area (Å²) >= 11 is 0. The number of aromatic nitrogens is 1. The maximum Gasteiger partial charge on any atom is 0.268 e. The van der Waals surface area contributed by atoms with Gasteiger partial charge < -0.3 is 25.7 Å². The molecule has 176 valence electrons. The highest BCUT2D eigenvalue weighted by Gasteiger charge is 2.34. The number of aromatic amines is 1. The number of nitrogens with two attached hydrogens (primary N) is 1. The number of nitriles is 1. The molecule has 2 aromatic carbocycles. The van der Waals surface area contributed by atoms with Crippen LogP contribution in [0.3, 0.4) is 0 Å². The topological polar surface area (TPSA) is 124 Å². The van der Waals surface area contributed by atoms with Crippen LogP contribution < -0.4 is 15.8 Å².